The standard InChI is InChI=1S/C13H18N2O4S/c1-20(18,19)14-12-4-2-11(3-5-12)13(17)15-7-6-10(8-15)9-16/h2-5,10,14,16H,6-9H2,1H3. The second-order valence-electron chi connectivity index (χ2n) is 5.04. The lowest BCUT2D eigenvalue weighted by molar-refractivity contribution is 0.0782. The molecule has 6 nitrogen and oxygen atoms in total. The molecule has 1 aliphatic rings. The highest BCUT2D eigenvalue weighted by atomic mass is 32.2. The Balaban J connectivity index is 2.05. The average molecular weight is 298 g/mol. The van der Waals surface area contributed by atoms with Crippen molar-refractivity contribution in [2.75, 3.05) is 30.7 Å². The Morgan fingerprint density at radius 3 is 2.55 bits per heavy atom. The van der Waals surface area contributed by atoms with Crippen LogP contribution >= 0.6 is 0 Å². The highest BCUT2D eigenvalue weighted by molar-refractivity contribution is 7.92. The third-order valence-electron chi connectivity index (χ3n) is 3.27. The number of carbonyl (C=O) groups excluding carboxylic acids is 1. The second-order valence-corrected chi connectivity index (χ2v) is 6.79. The molecule has 1 aromatic rings. The van der Waals surface area contributed by atoms with Crippen LogP contribution in [0, 0.1) is 5.92 Å². The van der Waals surface area contributed by atoms with Gasteiger partial charge in [0.05, 0.1) is 6.26 Å². The maximum atomic E-state index is 12.2. The van der Waals surface area contributed by atoms with Crippen LogP contribution in [0.4, 0.5) is 5.69 Å². The molecule has 0 aliphatic carbocycles. The predicted octanol–water partition coefficient (Wildman–Crippen LogP) is 0.512. The first-order chi connectivity index (χ1) is 9.39. The lowest BCUT2D eigenvalue weighted by Crippen LogP contribution is -2.29. The number of likely N-dealkylation sites (tertiary alicyclic amines) is 1. The van der Waals surface area contributed by atoms with E-state index in [0.29, 0.717) is 24.3 Å². The lowest BCUT2D eigenvalue weighted by Gasteiger charge is -2.16. The molecule has 20 heavy (non-hydrogen) atoms. The highest BCUT2D eigenvalue weighted by Crippen LogP contribution is 2.19. The van der Waals surface area contributed by atoms with Crippen LogP contribution in [0.2, 0.25) is 0 Å². The molecule has 1 heterocycles. The molecule has 0 radical (unpaired) electrons. The van der Waals surface area contributed by atoms with Crippen LogP contribution < -0.4 is 4.72 Å². The number of hydrogen-bond acceptors (Lipinski definition) is 4. The van der Waals surface area contributed by atoms with Gasteiger partial charge in [0.25, 0.3) is 5.91 Å². The van der Waals surface area contributed by atoms with Gasteiger partial charge in [0.15, 0.2) is 0 Å². The van der Waals surface area contributed by atoms with E-state index in [1.807, 2.05) is 0 Å². The molecule has 1 atom stereocenters. The van der Waals surface area contributed by atoms with Gasteiger partial charge in [-0.3, -0.25) is 9.52 Å². The van der Waals surface area contributed by atoms with Gasteiger partial charge in [-0.25, -0.2) is 8.42 Å². The Labute approximate surface area is 118 Å². The summed E-state index contributed by atoms with van der Waals surface area (Å²) in [7, 11) is -3.31. The van der Waals surface area contributed by atoms with Crippen molar-refractivity contribution in [3.05, 3.63) is 29.8 Å². The summed E-state index contributed by atoms with van der Waals surface area (Å²) in [6.45, 7) is 1.31. The Kier molecular flexibility index (Phi) is 4.29. The van der Waals surface area contributed by atoms with Crippen molar-refractivity contribution in [2.45, 2.75) is 6.42 Å². The minimum atomic E-state index is -3.31. The molecule has 1 aliphatic heterocycles. The third kappa shape index (κ3) is 3.71. The lowest BCUT2D eigenvalue weighted by atomic mass is 10.1. The van der Waals surface area contributed by atoms with Gasteiger partial charge < -0.3 is 10.0 Å². The molecular formula is C13H18N2O4S. The highest BCUT2D eigenvalue weighted by Gasteiger charge is 2.26. The number of nitrogens with zero attached hydrogens (tertiary/aromatic N) is 1. The molecule has 1 unspecified atom stereocenters. The summed E-state index contributed by atoms with van der Waals surface area (Å²) in [6.07, 6.45) is 1.89. The molecule has 1 fully saturated rings. The van der Waals surface area contributed by atoms with Gasteiger partial charge in [-0.15, -0.1) is 0 Å². The van der Waals surface area contributed by atoms with Crippen molar-refractivity contribution in [3.8, 4) is 0 Å². The van der Waals surface area contributed by atoms with Gasteiger partial charge >= 0.3 is 0 Å². The number of aliphatic hydroxyl groups excluding tert-OH is 1. The molecule has 0 saturated carbocycles. The van der Waals surface area contributed by atoms with Crippen LogP contribution in [0.5, 0.6) is 0 Å². The maximum Gasteiger partial charge on any atom is 0.253 e. The van der Waals surface area contributed by atoms with Crippen molar-refractivity contribution >= 4 is 21.6 Å². The van der Waals surface area contributed by atoms with Crippen molar-refractivity contribution in [3.63, 3.8) is 0 Å². The Morgan fingerprint density at radius 2 is 2.05 bits per heavy atom. The minimum Gasteiger partial charge on any atom is -0.396 e. The van der Waals surface area contributed by atoms with Crippen molar-refractivity contribution in [1.82, 2.24) is 4.90 Å². The van der Waals surface area contributed by atoms with E-state index in [4.69, 9.17) is 5.11 Å². The molecule has 0 aromatic heterocycles. The van der Waals surface area contributed by atoms with Crippen molar-refractivity contribution in [2.24, 2.45) is 5.92 Å². The van der Waals surface area contributed by atoms with Gasteiger partial charge in [-0.1, -0.05) is 0 Å². The van der Waals surface area contributed by atoms with E-state index in [9.17, 15) is 13.2 Å². The van der Waals surface area contributed by atoms with Gasteiger partial charge in [0.1, 0.15) is 0 Å². The number of hydrogen-bond donors (Lipinski definition) is 2. The van der Waals surface area contributed by atoms with Crippen molar-refractivity contribution < 1.29 is 18.3 Å². The van der Waals surface area contributed by atoms with Gasteiger partial charge in [-0.2, -0.15) is 0 Å². The first-order valence-corrected chi connectivity index (χ1v) is 8.26. The fourth-order valence-corrected chi connectivity index (χ4v) is 2.81. The minimum absolute atomic E-state index is 0.0909. The molecular weight excluding hydrogens is 280 g/mol. The number of rotatable bonds is 4. The molecule has 110 valence electrons. The zero-order valence-corrected chi connectivity index (χ0v) is 12.1. The molecule has 1 aromatic carbocycles. The first-order valence-electron chi connectivity index (χ1n) is 6.37. The van der Waals surface area contributed by atoms with Crippen molar-refractivity contribution in [1.29, 1.82) is 0 Å². The van der Waals surface area contributed by atoms with Crippen LogP contribution in [0.1, 0.15) is 16.8 Å². The third-order valence-corrected chi connectivity index (χ3v) is 3.87. The molecule has 0 spiro atoms. The number of benzene rings is 1. The number of anilines is 1. The fourth-order valence-electron chi connectivity index (χ4n) is 2.24. The SMILES string of the molecule is CS(=O)(=O)Nc1ccc(C(=O)N2CCC(CO)C2)cc1. The monoisotopic (exact) mass is 298 g/mol. The number of carbonyl (C=O) groups is 1. The first kappa shape index (κ1) is 14.8. The Hall–Kier alpha value is -1.60. The van der Waals surface area contributed by atoms with E-state index in [2.05, 4.69) is 4.72 Å². The quantitative estimate of drug-likeness (QED) is 0.848. The number of aliphatic hydroxyl groups is 1. The normalized spacial score (nSPS) is 19.1. The summed E-state index contributed by atoms with van der Waals surface area (Å²) in [5.74, 6) is 0.0666. The topological polar surface area (TPSA) is 86.7 Å². The van der Waals surface area contributed by atoms with E-state index < -0.39 is 10.0 Å². The van der Waals surface area contributed by atoms with Gasteiger partial charge in [-0.05, 0) is 30.7 Å². The molecule has 1 saturated heterocycles. The van der Waals surface area contributed by atoms with E-state index in [-0.39, 0.29) is 18.4 Å². The van der Waals surface area contributed by atoms with Crippen LogP contribution in [0.25, 0.3) is 0 Å². The average Bonchev–Trinajstić information content (AvgIpc) is 2.85. The molecule has 7 heteroatoms. The molecule has 1 amide bonds. The zero-order chi connectivity index (χ0) is 14.8. The Morgan fingerprint density at radius 1 is 1.40 bits per heavy atom. The van der Waals surface area contributed by atoms with E-state index in [1.54, 1.807) is 29.2 Å². The van der Waals surface area contributed by atoms with Gasteiger partial charge in [0, 0.05) is 36.9 Å². The Bertz CT molecular complexity index is 583. The molecule has 2 N–H and O–H groups in total. The summed E-state index contributed by atoms with van der Waals surface area (Å²) < 4.78 is 24.5. The summed E-state index contributed by atoms with van der Waals surface area (Å²) in [5, 5.41) is 9.08. The number of amides is 1. The van der Waals surface area contributed by atoms with Crippen LogP contribution in [-0.2, 0) is 10.0 Å². The summed E-state index contributed by atoms with van der Waals surface area (Å²) in [6, 6.07) is 6.33. The maximum absolute atomic E-state index is 12.2. The number of nitrogens with one attached hydrogen (secondary N) is 1. The summed E-state index contributed by atoms with van der Waals surface area (Å²) in [5.41, 5.74) is 0.946. The number of sulfonamides is 1. The molecule has 2 rings (SSSR count). The zero-order valence-electron chi connectivity index (χ0n) is 11.2. The fraction of sp³-hybridized carbons (Fsp3) is 0.462. The summed E-state index contributed by atoms with van der Waals surface area (Å²) in [4.78, 5) is 13.9. The molecule has 0 bridgehead atoms. The van der Waals surface area contributed by atoms with E-state index >= 15 is 0 Å². The van der Waals surface area contributed by atoms with Crippen LogP contribution in [0.3, 0.4) is 0 Å². The summed E-state index contributed by atoms with van der Waals surface area (Å²) >= 11 is 0. The van der Waals surface area contributed by atoms with Crippen LogP contribution in [0.15, 0.2) is 24.3 Å². The predicted molar refractivity (Wildman–Crippen MR) is 76.0 cm³/mol. The van der Waals surface area contributed by atoms with E-state index in [0.717, 1.165) is 12.7 Å². The second kappa shape index (κ2) is 5.80. The van der Waals surface area contributed by atoms with Gasteiger partial charge in [0.2, 0.25) is 10.0 Å². The smallest absolute Gasteiger partial charge is 0.253 e. The largest absolute Gasteiger partial charge is 0.396 e. The van der Waals surface area contributed by atoms with Crippen LogP contribution in [-0.4, -0.2) is 50.3 Å². The van der Waals surface area contributed by atoms with E-state index in [1.165, 1.54) is 0 Å².